The van der Waals surface area contributed by atoms with E-state index in [1.807, 2.05) is 0 Å². The Hall–Kier alpha value is 1.73. The molecule has 0 aromatic heterocycles. The molecule has 10 radical (unpaired) electrons. The first kappa shape index (κ1) is 22.7. The molecule has 0 unspecified atom stereocenters. The standard InChI is InChI=1S/2C8H13Si.2ClH.Ti/c2*1-9(2,3)8-6-4-5-7-8;;;/h2*4-7H,1-3H3;2*1H;/q;;;;+2/p-2. The van der Waals surface area contributed by atoms with Crippen LogP contribution in [0, 0.1) is 62.4 Å². The number of hydrogen-bond donors (Lipinski definition) is 0. The Balaban J connectivity index is 0.000000322. The first-order valence-electron chi connectivity index (χ1n) is 7.03. The molecule has 5 heteroatoms. The summed E-state index contributed by atoms with van der Waals surface area (Å²) in [5.74, 6) is 0. The van der Waals surface area contributed by atoms with Crippen molar-refractivity contribution in [1.29, 1.82) is 0 Å². The fourth-order valence-corrected chi connectivity index (χ4v) is 4.13. The minimum absolute atomic E-state index is 0.556. The molecule has 2 rings (SSSR count). The summed E-state index contributed by atoms with van der Waals surface area (Å²) in [4.78, 5) is 0. The Morgan fingerprint density at radius 2 is 0.810 bits per heavy atom. The molecular weight excluding hydrogens is 367 g/mol. The van der Waals surface area contributed by atoms with Gasteiger partial charge in [0, 0.05) is 0 Å². The van der Waals surface area contributed by atoms with E-state index in [1.54, 1.807) is 11.1 Å². The quantitative estimate of drug-likeness (QED) is 0.512. The van der Waals surface area contributed by atoms with Crippen LogP contribution in [0.15, 0.2) is 0 Å². The van der Waals surface area contributed by atoms with Crippen LogP contribution in [0.2, 0.25) is 39.3 Å². The van der Waals surface area contributed by atoms with Crippen LogP contribution in [0.3, 0.4) is 0 Å². The molecule has 116 valence electrons. The van der Waals surface area contributed by atoms with Crippen LogP contribution in [-0.4, -0.2) is 16.1 Å². The molecular formula is C16H26Cl2Si2Ti. The van der Waals surface area contributed by atoms with E-state index in [2.05, 4.69) is 90.6 Å². The van der Waals surface area contributed by atoms with Crippen LogP contribution in [0.5, 0.6) is 0 Å². The zero-order valence-electron chi connectivity index (χ0n) is 13.9. The van der Waals surface area contributed by atoms with Crippen molar-refractivity contribution in [3.05, 3.63) is 62.4 Å². The predicted octanol–water partition coefficient (Wildman–Crippen LogP) is 5.91. The van der Waals surface area contributed by atoms with Gasteiger partial charge in [0.1, 0.15) is 0 Å². The van der Waals surface area contributed by atoms with Gasteiger partial charge in [-0.1, -0.05) is 39.3 Å². The van der Waals surface area contributed by atoms with Crippen LogP contribution in [0.1, 0.15) is 0 Å². The molecule has 0 amide bonds. The van der Waals surface area contributed by atoms with Crippen molar-refractivity contribution >= 4 is 34.8 Å². The fraction of sp³-hybridized carbons (Fsp3) is 0.375. The van der Waals surface area contributed by atoms with Crippen molar-refractivity contribution in [3.8, 4) is 0 Å². The van der Waals surface area contributed by atoms with Crippen molar-refractivity contribution in [2.24, 2.45) is 0 Å². The van der Waals surface area contributed by atoms with Gasteiger partial charge in [-0.2, -0.15) is 0 Å². The molecule has 0 aromatic carbocycles. The molecule has 0 spiro atoms. The van der Waals surface area contributed by atoms with E-state index in [4.69, 9.17) is 18.6 Å². The van der Waals surface area contributed by atoms with Crippen molar-refractivity contribution in [3.63, 3.8) is 0 Å². The maximum absolute atomic E-state index is 4.89. The zero-order chi connectivity index (χ0) is 16.5. The van der Waals surface area contributed by atoms with E-state index in [-0.39, 0.29) is 0 Å². The third-order valence-electron chi connectivity index (χ3n) is 3.06. The van der Waals surface area contributed by atoms with Gasteiger partial charge in [-0.25, -0.2) is 0 Å². The fourth-order valence-electron chi connectivity index (χ4n) is 1.75. The second-order valence-electron chi connectivity index (χ2n) is 6.92. The topological polar surface area (TPSA) is 0 Å². The molecule has 2 fully saturated rings. The van der Waals surface area contributed by atoms with E-state index in [9.17, 15) is 0 Å². The molecule has 0 heterocycles. The van der Waals surface area contributed by atoms with Crippen molar-refractivity contribution in [2.45, 2.75) is 39.3 Å². The molecule has 0 atom stereocenters. The molecule has 0 saturated heterocycles. The van der Waals surface area contributed by atoms with E-state index in [0.29, 0.717) is 0 Å². The van der Waals surface area contributed by atoms with E-state index in [0.717, 1.165) is 0 Å². The summed E-state index contributed by atoms with van der Waals surface area (Å²) in [6, 6.07) is 0. The Bertz CT molecular complexity index is 224. The van der Waals surface area contributed by atoms with E-state index >= 15 is 0 Å². The van der Waals surface area contributed by atoms with Crippen LogP contribution in [-0.2, 0) is 17.0 Å². The summed E-state index contributed by atoms with van der Waals surface area (Å²) in [5.41, 5.74) is 3.12. The summed E-state index contributed by atoms with van der Waals surface area (Å²) < 4.78 is 0. The summed E-state index contributed by atoms with van der Waals surface area (Å²) in [5, 5.41) is 0. The van der Waals surface area contributed by atoms with Gasteiger partial charge < -0.3 is 0 Å². The summed E-state index contributed by atoms with van der Waals surface area (Å²) in [7, 11) is 7.82. The van der Waals surface area contributed by atoms with Crippen molar-refractivity contribution < 1.29 is 17.0 Å². The number of halogens is 2. The second kappa shape index (κ2) is 11.3. The number of hydrogen-bond acceptors (Lipinski definition) is 0. The molecule has 0 bridgehead atoms. The van der Waals surface area contributed by atoms with Gasteiger partial charge in [-0.05, 0) is 62.4 Å². The molecule has 0 N–H and O–H groups in total. The first-order valence-corrected chi connectivity index (χ1v) is 18.3. The zero-order valence-corrected chi connectivity index (χ0v) is 18.9. The Morgan fingerprint density at radius 3 is 0.905 bits per heavy atom. The van der Waals surface area contributed by atoms with Gasteiger partial charge in [0.25, 0.3) is 0 Å². The van der Waals surface area contributed by atoms with Crippen LogP contribution >= 0.6 is 18.6 Å². The van der Waals surface area contributed by atoms with Crippen molar-refractivity contribution in [2.75, 3.05) is 0 Å². The minimum atomic E-state index is -0.981. The molecule has 2 saturated carbocycles. The molecule has 0 nitrogen and oxygen atoms in total. The average Bonchev–Trinajstić information content (AvgIpc) is 3.03. The maximum atomic E-state index is 4.89. The van der Waals surface area contributed by atoms with Gasteiger partial charge in [0.05, 0.1) is 16.1 Å². The van der Waals surface area contributed by atoms with Crippen molar-refractivity contribution in [1.82, 2.24) is 0 Å². The first-order chi connectivity index (χ1) is 9.62. The van der Waals surface area contributed by atoms with Crippen LogP contribution in [0.4, 0.5) is 0 Å². The van der Waals surface area contributed by atoms with Gasteiger partial charge in [0.2, 0.25) is 0 Å². The third kappa shape index (κ3) is 11.0. The monoisotopic (exact) mass is 392 g/mol. The number of rotatable bonds is 2. The summed E-state index contributed by atoms with van der Waals surface area (Å²) >= 11 is -0.556. The third-order valence-corrected chi connectivity index (χ3v) is 7.19. The van der Waals surface area contributed by atoms with Gasteiger partial charge in [0.15, 0.2) is 0 Å². The predicted molar refractivity (Wildman–Crippen MR) is 99.3 cm³/mol. The van der Waals surface area contributed by atoms with Gasteiger partial charge in [-0.15, -0.1) is 0 Å². The normalized spacial score (nSPS) is 20.4. The van der Waals surface area contributed by atoms with E-state index in [1.165, 1.54) is 0 Å². The molecule has 2 aliphatic rings. The summed E-state index contributed by atoms with van der Waals surface area (Å²) in [6.07, 6.45) is 17.4. The second-order valence-corrected chi connectivity index (χ2v) is 19.7. The molecule has 21 heavy (non-hydrogen) atoms. The average molecular weight is 393 g/mol. The van der Waals surface area contributed by atoms with Crippen LogP contribution < -0.4 is 0 Å². The molecule has 2 aliphatic carbocycles. The summed E-state index contributed by atoms with van der Waals surface area (Å²) in [6.45, 7) is 14.2. The molecule has 0 aliphatic heterocycles. The Morgan fingerprint density at radius 1 is 0.619 bits per heavy atom. The Labute approximate surface area is 152 Å². The molecule has 0 aromatic rings. The Kier molecular flexibility index (Phi) is 12.2. The van der Waals surface area contributed by atoms with Gasteiger partial charge in [-0.3, -0.25) is 0 Å². The van der Waals surface area contributed by atoms with E-state index < -0.39 is 33.2 Å². The SMILES string of the molecule is C[Si](C)(C)[C]1[CH][CH][CH][CH]1.C[Si](C)(C)[C]1[CH][CH][CH][CH]1.[Cl][Ti][Cl]. The van der Waals surface area contributed by atoms with Crippen LogP contribution in [0.25, 0.3) is 0 Å². The van der Waals surface area contributed by atoms with Gasteiger partial charge >= 0.3 is 35.6 Å².